The second-order valence-electron chi connectivity index (χ2n) is 12.9. The van der Waals surface area contributed by atoms with E-state index in [0.29, 0.717) is 13.0 Å². The topological polar surface area (TPSA) is 87.7 Å². The van der Waals surface area contributed by atoms with Gasteiger partial charge in [0.25, 0.3) is 0 Å². The number of hydrogen-bond donors (Lipinski definition) is 2. The van der Waals surface area contributed by atoms with Crippen molar-refractivity contribution in [3.05, 3.63) is 35.4 Å². The normalized spacial score (nSPS) is 16.4. The average molecular weight is 572 g/mol. The van der Waals surface area contributed by atoms with Crippen molar-refractivity contribution in [1.29, 1.82) is 0 Å². The van der Waals surface area contributed by atoms with Crippen LogP contribution in [-0.4, -0.2) is 47.0 Å². The van der Waals surface area contributed by atoms with E-state index in [-0.39, 0.29) is 23.8 Å². The van der Waals surface area contributed by atoms with Crippen LogP contribution in [0.5, 0.6) is 0 Å². The molecule has 7 heteroatoms. The summed E-state index contributed by atoms with van der Waals surface area (Å²) in [6, 6.07) is 6.40. The molecule has 1 fully saturated rings. The zero-order chi connectivity index (χ0) is 30.4. The van der Waals surface area contributed by atoms with Gasteiger partial charge in [0, 0.05) is 12.6 Å². The Kier molecular flexibility index (Phi) is 14.7. The number of benzene rings is 1. The van der Waals surface area contributed by atoms with E-state index in [1.807, 2.05) is 45.0 Å². The number of carbonyl (C=O) groups is 3. The van der Waals surface area contributed by atoms with E-state index in [2.05, 4.69) is 17.6 Å². The molecule has 3 unspecified atom stereocenters. The highest BCUT2D eigenvalue weighted by atomic mass is 16.6. The van der Waals surface area contributed by atoms with Crippen LogP contribution in [0.1, 0.15) is 136 Å². The first-order valence-electron chi connectivity index (χ1n) is 16.1. The molecular formula is C34H57N3O4. The summed E-state index contributed by atoms with van der Waals surface area (Å²) in [4.78, 5) is 43.3. The molecule has 0 radical (unpaired) electrons. The summed E-state index contributed by atoms with van der Waals surface area (Å²) >= 11 is 0. The number of rotatable bonds is 15. The minimum atomic E-state index is -0.802. The van der Waals surface area contributed by atoms with Crippen molar-refractivity contribution in [2.24, 2.45) is 5.92 Å². The highest BCUT2D eigenvalue weighted by molar-refractivity contribution is 5.92. The highest BCUT2D eigenvalue weighted by Crippen LogP contribution is 2.29. The number of alkyl carbamates (subject to hydrolysis) is 1. The summed E-state index contributed by atoms with van der Waals surface area (Å²) < 4.78 is 5.54. The minimum Gasteiger partial charge on any atom is -0.444 e. The molecule has 0 aliphatic heterocycles. The van der Waals surface area contributed by atoms with Crippen LogP contribution in [-0.2, 0) is 14.3 Å². The largest absolute Gasteiger partial charge is 0.444 e. The van der Waals surface area contributed by atoms with E-state index in [1.165, 1.54) is 25.7 Å². The number of amides is 3. The number of aryl methyl sites for hydroxylation is 1. The molecule has 41 heavy (non-hydrogen) atoms. The van der Waals surface area contributed by atoms with Gasteiger partial charge in [-0.25, -0.2) is 4.79 Å². The maximum atomic E-state index is 14.5. The molecule has 1 aromatic rings. The Hall–Kier alpha value is -2.57. The van der Waals surface area contributed by atoms with Crippen LogP contribution in [0.3, 0.4) is 0 Å². The van der Waals surface area contributed by atoms with Crippen LogP contribution in [0, 0.1) is 12.8 Å². The molecule has 0 heterocycles. The van der Waals surface area contributed by atoms with Gasteiger partial charge in [0.05, 0.1) is 0 Å². The first-order valence-corrected chi connectivity index (χ1v) is 16.1. The fourth-order valence-electron chi connectivity index (χ4n) is 5.60. The Morgan fingerprint density at radius 3 is 2.22 bits per heavy atom. The van der Waals surface area contributed by atoms with Crippen LogP contribution in [0.2, 0.25) is 0 Å². The first-order chi connectivity index (χ1) is 19.5. The van der Waals surface area contributed by atoms with Gasteiger partial charge in [0.15, 0.2) is 0 Å². The van der Waals surface area contributed by atoms with Gasteiger partial charge in [-0.05, 0) is 64.0 Å². The van der Waals surface area contributed by atoms with Crippen molar-refractivity contribution < 1.29 is 19.1 Å². The molecule has 3 atom stereocenters. The van der Waals surface area contributed by atoms with Gasteiger partial charge in [-0.2, -0.15) is 0 Å². The lowest BCUT2D eigenvalue weighted by Gasteiger charge is -2.37. The van der Waals surface area contributed by atoms with Crippen molar-refractivity contribution in [2.45, 2.75) is 149 Å². The molecule has 1 aromatic carbocycles. The zero-order valence-electron chi connectivity index (χ0n) is 26.9. The van der Waals surface area contributed by atoms with Gasteiger partial charge < -0.3 is 20.3 Å². The summed E-state index contributed by atoms with van der Waals surface area (Å²) in [7, 11) is 0. The lowest BCUT2D eigenvalue weighted by molar-refractivity contribution is -0.144. The van der Waals surface area contributed by atoms with Crippen molar-refractivity contribution in [1.82, 2.24) is 15.5 Å². The minimum absolute atomic E-state index is 0.124. The van der Waals surface area contributed by atoms with Gasteiger partial charge >= 0.3 is 6.09 Å². The Morgan fingerprint density at radius 2 is 1.61 bits per heavy atom. The third-order valence-electron chi connectivity index (χ3n) is 8.18. The van der Waals surface area contributed by atoms with Crippen LogP contribution in [0.15, 0.2) is 24.3 Å². The lowest BCUT2D eigenvalue weighted by atomic mass is 9.92. The molecule has 7 nitrogen and oxygen atoms in total. The van der Waals surface area contributed by atoms with Gasteiger partial charge in [-0.15, -0.1) is 0 Å². The molecule has 0 spiro atoms. The standard InChI is InChI=1S/C34H57N3O4/c1-8-10-11-12-13-19-24-37(32(39)29(25(3)9-2)36-33(40)41-34(5,6)7)30(28-23-18-17-20-26(28)4)31(38)35-27-21-15-14-16-22-27/h17-18,20,23,25,27,29-30H,8-16,19,21-22,24H2,1-7H3,(H,35,38)(H,36,40). The summed E-state index contributed by atoms with van der Waals surface area (Å²) in [6.45, 7) is 14.0. The van der Waals surface area contributed by atoms with E-state index >= 15 is 0 Å². The number of hydrogen-bond acceptors (Lipinski definition) is 4. The Labute approximate surface area is 249 Å². The fourth-order valence-corrected chi connectivity index (χ4v) is 5.60. The predicted molar refractivity (Wildman–Crippen MR) is 167 cm³/mol. The van der Waals surface area contributed by atoms with Gasteiger partial charge in [0.2, 0.25) is 11.8 Å². The summed E-state index contributed by atoms with van der Waals surface area (Å²) in [5.74, 6) is -0.502. The molecule has 2 N–H and O–H groups in total. The third-order valence-corrected chi connectivity index (χ3v) is 8.18. The van der Waals surface area contributed by atoms with Gasteiger partial charge in [0.1, 0.15) is 17.7 Å². The van der Waals surface area contributed by atoms with Crippen LogP contribution in [0.25, 0.3) is 0 Å². The van der Waals surface area contributed by atoms with Crippen LogP contribution >= 0.6 is 0 Å². The number of unbranched alkanes of at least 4 members (excludes halogenated alkanes) is 5. The van der Waals surface area contributed by atoms with Gasteiger partial charge in [-0.1, -0.05) is 103 Å². The second kappa shape index (κ2) is 17.4. The number of carbonyl (C=O) groups excluding carboxylic acids is 3. The average Bonchev–Trinajstić information content (AvgIpc) is 2.92. The molecule has 232 valence electrons. The van der Waals surface area contributed by atoms with Gasteiger partial charge in [-0.3, -0.25) is 9.59 Å². The van der Waals surface area contributed by atoms with E-state index in [4.69, 9.17) is 4.74 Å². The summed E-state index contributed by atoms with van der Waals surface area (Å²) in [5.41, 5.74) is 1.12. The number of nitrogens with one attached hydrogen (secondary N) is 2. The maximum absolute atomic E-state index is 14.5. The second-order valence-corrected chi connectivity index (χ2v) is 12.9. The smallest absolute Gasteiger partial charge is 0.408 e. The SMILES string of the molecule is CCCCCCCCN(C(=O)C(NC(=O)OC(C)(C)C)C(C)CC)C(C(=O)NC1CCCCC1)c1ccccc1C. The van der Waals surface area contributed by atoms with Crippen LogP contribution < -0.4 is 10.6 Å². The maximum Gasteiger partial charge on any atom is 0.408 e. The monoisotopic (exact) mass is 571 g/mol. The van der Waals surface area contributed by atoms with E-state index in [9.17, 15) is 14.4 Å². The molecule has 0 aromatic heterocycles. The van der Waals surface area contributed by atoms with Crippen molar-refractivity contribution in [2.75, 3.05) is 6.54 Å². The van der Waals surface area contributed by atoms with Crippen molar-refractivity contribution >= 4 is 17.9 Å². The zero-order valence-corrected chi connectivity index (χ0v) is 26.9. The van der Waals surface area contributed by atoms with E-state index in [1.54, 1.807) is 25.7 Å². The Bertz CT molecular complexity index is 952. The molecule has 2 rings (SSSR count). The first kappa shape index (κ1) is 34.6. The van der Waals surface area contributed by atoms with Crippen LogP contribution in [0.4, 0.5) is 4.79 Å². The molecule has 1 saturated carbocycles. The molecule has 0 bridgehead atoms. The Morgan fingerprint density at radius 1 is 0.976 bits per heavy atom. The Balaban J connectivity index is 2.46. The number of nitrogens with zero attached hydrogens (tertiary/aromatic N) is 1. The predicted octanol–water partition coefficient (Wildman–Crippen LogP) is 7.61. The highest BCUT2D eigenvalue weighted by Gasteiger charge is 2.39. The molecule has 1 aliphatic rings. The van der Waals surface area contributed by atoms with E-state index < -0.39 is 23.8 Å². The third kappa shape index (κ3) is 11.7. The lowest BCUT2D eigenvalue weighted by Crippen LogP contribution is -2.56. The summed E-state index contributed by atoms with van der Waals surface area (Å²) in [6.07, 6.45) is 11.9. The molecular weight excluding hydrogens is 514 g/mol. The molecule has 0 saturated heterocycles. The van der Waals surface area contributed by atoms with Crippen molar-refractivity contribution in [3.8, 4) is 0 Å². The summed E-state index contributed by atoms with van der Waals surface area (Å²) in [5, 5.41) is 6.19. The molecule has 1 aliphatic carbocycles. The van der Waals surface area contributed by atoms with Crippen molar-refractivity contribution in [3.63, 3.8) is 0 Å². The molecule has 3 amide bonds. The number of ether oxygens (including phenoxy) is 1. The van der Waals surface area contributed by atoms with E-state index in [0.717, 1.165) is 56.1 Å². The quantitative estimate of drug-likeness (QED) is 0.212. The fraction of sp³-hybridized carbons (Fsp3) is 0.735.